The Bertz CT molecular complexity index is 660. The number of thiazole rings is 1. The van der Waals surface area contributed by atoms with Crippen LogP contribution in [0.4, 0.5) is 4.39 Å². The Morgan fingerprint density at radius 2 is 2.35 bits per heavy atom. The summed E-state index contributed by atoms with van der Waals surface area (Å²) in [7, 11) is 0. The highest BCUT2D eigenvalue weighted by Gasteiger charge is 2.11. The zero-order chi connectivity index (χ0) is 14.4. The lowest BCUT2D eigenvalue weighted by atomic mass is 10.1. The van der Waals surface area contributed by atoms with Gasteiger partial charge in [-0.1, -0.05) is 11.8 Å². The second-order valence-corrected chi connectivity index (χ2v) is 4.77. The maximum atomic E-state index is 13.2. The standard InChI is InChI=1S/C14H11FN2O2S/c15-11-3-4-13(10(6-11)2-1-5-18)14(19)17-8-12-7-16-9-20-12/h3-4,6-7,9,18H,5,8H2,(H,17,19). The minimum Gasteiger partial charge on any atom is -0.384 e. The molecule has 0 saturated carbocycles. The lowest BCUT2D eigenvalue weighted by Crippen LogP contribution is -2.23. The molecular formula is C14H11FN2O2S. The van der Waals surface area contributed by atoms with Gasteiger partial charge in [-0.05, 0) is 18.2 Å². The van der Waals surface area contributed by atoms with Gasteiger partial charge in [0.25, 0.3) is 5.91 Å². The van der Waals surface area contributed by atoms with Crippen molar-refractivity contribution in [2.24, 2.45) is 0 Å². The molecule has 0 aliphatic heterocycles. The van der Waals surface area contributed by atoms with Crippen molar-refractivity contribution in [1.82, 2.24) is 10.3 Å². The number of rotatable bonds is 3. The number of halogens is 1. The number of aliphatic hydroxyl groups excluding tert-OH is 1. The van der Waals surface area contributed by atoms with Crippen LogP contribution < -0.4 is 5.32 Å². The molecule has 0 bridgehead atoms. The third-order valence-corrected chi connectivity index (χ3v) is 3.21. The molecule has 0 aliphatic rings. The van der Waals surface area contributed by atoms with Crippen LogP contribution in [0.25, 0.3) is 0 Å². The van der Waals surface area contributed by atoms with Gasteiger partial charge in [0.1, 0.15) is 12.4 Å². The monoisotopic (exact) mass is 290 g/mol. The number of hydrogen-bond donors (Lipinski definition) is 2. The predicted molar refractivity (Wildman–Crippen MR) is 73.6 cm³/mol. The molecular weight excluding hydrogens is 279 g/mol. The number of benzene rings is 1. The van der Waals surface area contributed by atoms with Crippen LogP contribution >= 0.6 is 11.3 Å². The average molecular weight is 290 g/mol. The molecule has 0 spiro atoms. The number of nitrogens with one attached hydrogen (secondary N) is 1. The summed E-state index contributed by atoms with van der Waals surface area (Å²) in [6, 6.07) is 3.74. The van der Waals surface area contributed by atoms with Crippen molar-refractivity contribution in [3.8, 4) is 11.8 Å². The zero-order valence-corrected chi connectivity index (χ0v) is 11.2. The second kappa shape index (κ2) is 6.80. The minimum absolute atomic E-state index is 0.251. The number of aromatic nitrogens is 1. The van der Waals surface area contributed by atoms with Gasteiger partial charge in [-0.2, -0.15) is 0 Å². The Kier molecular flexibility index (Phi) is 4.82. The van der Waals surface area contributed by atoms with Crippen LogP contribution in [0.5, 0.6) is 0 Å². The maximum absolute atomic E-state index is 13.2. The van der Waals surface area contributed by atoms with Crippen molar-refractivity contribution in [2.45, 2.75) is 6.54 Å². The van der Waals surface area contributed by atoms with E-state index in [-0.39, 0.29) is 23.6 Å². The highest BCUT2D eigenvalue weighted by atomic mass is 32.1. The van der Waals surface area contributed by atoms with Crippen molar-refractivity contribution in [3.63, 3.8) is 0 Å². The lowest BCUT2D eigenvalue weighted by Gasteiger charge is -2.06. The number of carbonyl (C=O) groups excluding carboxylic acids is 1. The SMILES string of the molecule is O=C(NCc1cncs1)c1ccc(F)cc1C#CCO. The second-order valence-electron chi connectivity index (χ2n) is 3.80. The Hall–Kier alpha value is -2.23. The number of carbonyl (C=O) groups is 1. The molecule has 0 radical (unpaired) electrons. The van der Waals surface area contributed by atoms with Crippen molar-refractivity contribution in [1.29, 1.82) is 0 Å². The summed E-state index contributed by atoms with van der Waals surface area (Å²) in [6.45, 7) is 0.00613. The van der Waals surface area contributed by atoms with Crippen LogP contribution in [0.2, 0.25) is 0 Å². The molecule has 0 fully saturated rings. The van der Waals surface area contributed by atoms with Gasteiger partial charge in [0.05, 0.1) is 17.6 Å². The first-order valence-corrected chi connectivity index (χ1v) is 6.63. The van der Waals surface area contributed by atoms with Crippen molar-refractivity contribution < 1.29 is 14.3 Å². The smallest absolute Gasteiger partial charge is 0.252 e. The van der Waals surface area contributed by atoms with Crippen LogP contribution in [-0.2, 0) is 6.54 Å². The third-order valence-electron chi connectivity index (χ3n) is 2.43. The zero-order valence-electron chi connectivity index (χ0n) is 10.4. The van der Waals surface area contributed by atoms with Gasteiger partial charge in [0.2, 0.25) is 0 Å². The Morgan fingerprint density at radius 1 is 1.50 bits per heavy atom. The van der Waals surface area contributed by atoms with E-state index in [1.54, 1.807) is 11.7 Å². The molecule has 0 aliphatic carbocycles. The third kappa shape index (κ3) is 3.63. The van der Waals surface area contributed by atoms with Crippen LogP contribution in [0.15, 0.2) is 29.9 Å². The number of aliphatic hydroxyl groups is 1. The molecule has 102 valence electrons. The number of nitrogens with zero attached hydrogens (tertiary/aromatic N) is 1. The van der Waals surface area contributed by atoms with Crippen LogP contribution in [0.3, 0.4) is 0 Å². The maximum Gasteiger partial charge on any atom is 0.252 e. The highest BCUT2D eigenvalue weighted by Crippen LogP contribution is 2.11. The molecule has 1 aromatic heterocycles. The molecule has 2 rings (SSSR count). The van der Waals surface area contributed by atoms with E-state index < -0.39 is 5.82 Å². The number of hydrogen-bond acceptors (Lipinski definition) is 4. The van der Waals surface area contributed by atoms with Crippen LogP contribution in [-0.4, -0.2) is 22.6 Å². The molecule has 1 aromatic carbocycles. The molecule has 2 aromatic rings. The van der Waals surface area contributed by atoms with Gasteiger partial charge in [0.15, 0.2) is 0 Å². The van der Waals surface area contributed by atoms with E-state index in [0.717, 1.165) is 4.88 Å². The number of amides is 1. The van der Waals surface area contributed by atoms with Crippen molar-refractivity contribution in [3.05, 3.63) is 51.7 Å². The fourth-order valence-electron chi connectivity index (χ4n) is 1.54. The summed E-state index contributed by atoms with van der Waals surface area (Å²) in [4.78, 5) is 16.9. The predicted octanol–water partition coefficient (Wildman–Crippen LogP) is 1.56. The fourth-order valence-corrected chi connectivity index (χ4v) is 2.08. The first kappa shape index (κ1) is 14.2. The average Bonchev–Trinajstić information content (AvgIpc) is 2.96. The molecule has 2 N–H and O–H groups in total. The summed E-state index contributed by atoms with van der Waals surface area (Å²) in [5.74, 6) is 4.15. The van der Waals surface area contributed by atoms with E-state index >= 15 is 0 Å². The van der Waals surface area contributed by atoms with Gasteiger partial charge >= 0.3 is 0 Å². The molecule has 6 heteroatoms. The topological polar surface area (TPSA) is 62.2 Å². The van der Waals surface area contributed by atoms with Crippen molar-refractivity contribution >= 4 is 17.2 Å². The van der Waals surface area contributed by atoms with Gasteiger partial charge in [-0.25, -0.2) is 4.39 Å². The van der Waals surface area contributed by atoms with E-state index in [2.05, 4.69) is 22.1 Å². The van der Waals surface area contributed by atoms with Crippen LogP contribution in [0, 0.1) is 17.7 Å². The first-order valence-electron chi connectivity index (χ1n) is 5.75. The molecule has 0 saturated heterocycles. The largest absolute Gasteiger partial charge is 0.384 e. The first-order chi connectivity index (χ1) is 9.70. The molecule has 0 unspecified atom stereocenters. The van der Waals surface area contributed by atoms with E-state index in [1.165, 1.54) is 29.5 Å². The van der Waals surface area contributed by atoms with Gasteiger partial charge in [0, 0.05) is 16.6 Å². The van der Waals surface area contributed by atoms with E-state index in [1.807, 2.05) is 0 Å². The van der Waals surface area contributed by atoms with E-state index in [4.69, 9.17) is 5.11 Å². The minimum atomic E-state index is -0.480. The normalized spacial score (nSPS) is 9.70. The summed E-state index contributed by atoms with van der Waals surface area (Å²) >= 11 is 1.43. The molecule has 1 amide bonds. The van der Waals surface area contributed by atoms with Crippen LogP contribution in [0.1, 0.15) is 20.8 Å². The molecule has 0 atom stereocenters. The Balaban J connectivity index is 2.16. The molecule has 1 heterocycles. The van der Waals surface area contributed by atoms with Gasteiger partial charge in [-0.3, -0.25) is 9.78 Å². The van der Waals surface area contributed by atoms with Gasteiger partial charge in [-0.15, -0.1) is 11.3 Å². The van der Waals surface area contributed by atoms with Crippen molar-refractivity contribution in [2.75, 3.05) is 6.61 Å². The van der Waals surface area contributed by atoms with E-state index in [0.29, 0.717) is 6.54 Å². The highest BCUT2D eigenvalue weighted by molar-refractivity contribution is 7.09. The quantitative estimate of drug-likeness (QED) is 0.843. The molecule has 4 nitrogen and oxygen atoms in total. The van der Waals surface area contributed by atoms with Gasteiger partial charge < -0.3 is 10.4 Å². The summed E-state index contributed by atoms with van der Waals surface area (Å²) in [6.07, 6.45) is 1.67. The lowest BCUT2D eigenvalue weighted by molar-refractivity contribution is 0.0951. The summed E-state index contributed by atoms with van der Waals surface area (Å²) in [5.41, 5.74) is 2.20. The Labute approximate surface area is 119 Å². The summed E-state index contributed by atoms with van der Waals surface area (Å²) in [5, 5.41) is 11.4. The fraction of sp³-hybridized carbons (Fsp3) is 0.143. The molecule has 20 heavy (non-hydrogen) atoms. The Morgan fingerprint density at radius 3 is 3.05 bits per heavy atom. The van der Waals surface area contributed by atoms with E-state index in [9.17, 15) is 9.18 Å². The summed E-state index contributed by atoms with van der Waals surface area (Å²) < 4.78 is 13.2.